The molecule has 0 fully saturated rings. The number of hydrogen-bond donors (Lipinski definition) is 3. The molecule has 3 rings (SSSR count). The number of fused-ring (bicyclic) bond motifs is 1. The average Bonchev–Trinajstić information content (AvgIpc) is 2.80. The number of aromatic amines is 2. The second kappa shape index (κ2) is 4.98. The zero-order valence-electron chi connectivity index (χ0n) is 10.3. The summed E-state index contributed by atoms with van der Waals surface area (Å²) in [6, 6.07) is 10.4. The monoisotopic (exact) mass is 307 g/mol. The van der Waals surface area contributed by atoms with E-state index in [2.05, 4.69) is 9.97 Å². The Morgan fingerprint density at radius 3 is 2.60 bits per heavy atom. The van der Waals surface area contributed by atoms with Gasteiger partial charge in [0.05, 0.1) is 27.1 Å². The van der Waals surface area contributed by atoms with E-state index in [1.165, 1.54) is 0 Å². The Bertz CT molecular complexity index is 838. The molecule has 1 atom stereocenters. The molecular weight excluding hydrogens is 297 g/mol. The lowest BCUT2D eigenvalue weighted by molar-refractivity contribution is 0.873. The third-order valence-corrected chi connectivity index (χ3v) is 4.05. The van der Waals surface area contributed by atoms with Crippen LogP contribution in [-0.2, 0) is 0 Å². The topological polar surface area (TPSA) is 74.7 Å². The lowest BCUT2D eigenvalue weighted by Crippen LogP contribution is -2.12. The van der Waals surface area contributed by atoms with Gasteiger partial charge in [-0.05, 0) is 29.3 Å². The molecule has 0 bridgehead atoms. The minimum atomic E-state index is -0.413. The van der Waals surface area contributed by atoms with Gasteiger partial charge in [-0.15, -0.1) is 0 Å². The standard InChI is InChI=1S/C14H11Cl2N3O/c15-9-3-1-2-8(12(9)16)13(17)7-4-5-10-11(6-7)19-14(20)18-10/h1-6,13H,17H2,(H2,18,19,20). The lowest BCUT2D eigenvalue weighted by Gasteiger charge is -2.15. The van der Waals surface area contributed by atoms with E-state index in [4.69, 9.17) is 28.9 Å². The molecule has 20 heavy (non-hydrogen) atoms. The minimum Gasteiger partial charge on any atom is -0.320 e. The number of nitrogens with one attached hydrogen (secondary N) is 2. The van der Waals surface area contributed by atoms with Gasteiger partial charge in [0.25, 0.3) is 0 Å². The maximum absolute atomic E-state index is 11.3. The summed E-state index contributed by atoms with van der Waals surface area (Å²) in [6.45, 7) is 0. The summed E-state index contributed by atoms with van der Waals surface area (Å²) in [6.07, 6.45) is 0. The van der Waals surface area contributed by atoms with Gasteiger partial charge in [0.1, 0.15) is 0 Å². The Labute approximate surface area is 124 Å². The maximum atomic E-state index is 11.3. The van der Waals surface area contributed by atoms with Crippen LogP contribution >= 0.6 is 23.2 Å². The highest BCUT2D eigenvalue weighted by atomic mass is 35.5. The van der Waals surface area contributed by atoms with E-state index in [0.717, 1.165) is 16.6 Å². The van der Waals surface area contributed by atoms with Crippen molar-refractivity contribution in [3.63, 3.8) is 0 Å². The smallest absolute Gasteiger partial charge is 0.320 e. The third kappa shape index (κ3) is 2.22. The second-order valence-corrected chi connectivity index (χ2v) is 5.29. The third-order valence-electron chi connectivity index (χ3n) is 3.22. The van der Waals surface area contributed by atoms with Crippen molar-refractivity contribution in [1.82, 2.24) is 9.97 Å². The molecule has 0 spiro atoms. The number of benzene rings is 2. The summed E-state index contributed by atoms with van der Waals surface area (Å²) in [7, 11) is 0. The molecule has 1 aromatic heterocycles. The molecular formula is C14H11Cl2N3O. The fourth-order valence-corrected chi connectivity index (χ4v) is 2.61. The first-order valence-corrected chi connectivity index (χ1v) is 6.73. The molecule has 2 aromatic carbocycles. The van der Waals surface area contributed by atoms with Gasteiger partial charge in [0, 0.05) is 0 Å². The fourth-order valence-electron chi connectivity index (χ4n) is 2.18. The summed E-state index contributed by atoms with van der Waals surface area (Å²) in [5.74, 6) is 0. The molecule has 0 aliphatic heterocycles. The highest BCUT2D eigenvalue weighted by Crippen LogP contribution is 2.32. The molecule has 4 N–H and O–H groups in total. The minimum absolute atomic E-state index is 0.244. The van der Waals surface area contributed by atoms with Crippen LogP contribution in [0.4, 0.5) is 0 Å². The number of aromatic nitrogens is 2. The first-order chi connectivity index (χ1) is 9.56. The molecule has 0 radical (unpaired) electrons. The predicted octanol–water partition coefficient (Wildman–Crippen LogP) is 3.21. The van der Waals surface area contributed by atoms with E-state index in [1.54, 1.807) is 18.2 Å². The molecule has 1 heterocycles. The van der Waals surface area contributed by atoms with Crippen LogP contribution in [-0.4, -0.2) is 9.97 Å². The van der Waals surface area contributed by atoms with E-state index in [9.17, 15) is 4.79 Å². The predicted molar refractivity (Wildman–Crippen MR) is 81.4 cm³/mol. The molecule has 0 saturated carbocycles. The van der Waals surface area contributed by atoms with Crippen molar-refractivity contribution in [2.45, 2.75) is 6.04 Å². The molecule has 0 amide bonds. The maximum Gasteiger partial charge on any atom is 0.323 e. The van der Waals surface area contributed by atoms with E-state index in [1.807, 2.05) is 18.2 Å². The molecule has 0 aliphatic carbocycles. The Kier molecular flexibility index (Phi) is 3.30. The molecule has 0 aliphatic rings. The Morgan fingerprint density at radius 2 is 1.80 bits per heavy atom. The van der Waals surface area contributed by atoms with Gasteiger partial charge in [-0.1, -0.05) is 41.4 Å². The number of H-pyrrole nitrogens is 2. The molecule has 3 aromatic rings. The second-order valence-electron chi connectivity index (χ2n) is 4.50. The van der Waals surface area contributed by atoms with Crippen molar-refractivity contribution in [2.75, 3.05) is 0 Å². The van der Waals surface area contributed by atoms with Gasteiger partial charge in [-0.25, -0.2) is 4.79 Å². The van der Waals surface area contributed by atoms with Crippen molar-refractivity contribution in [3.8, 4) is 0 Å². The first-order valence-electron chi connectivity index (χ1n) is 5.97. The van der Waals surface area contributed by atoms with Crippen LogP contribution in [0.3, 0.4) is 0 Å². The van der Waals surface area contributed by atoms with Crippen molar-refractivity contribution >= 4 is 34.2 Å². The van der Waals surface area contributed by atoms with Gasteiger partial charge >= 0.3 is 5.69 Å². The summed E-state index contributed by atoms with van der Waals surface area (Å²) in [5.41, 5.74) is 9.03. The van der Waals surface area contributed by atoms with Crippen LogP contribution in [0.2, 0.25) is 10.0 Å². The number of nitrogens with two attached hydrogens (primary N) is 1. The van der Waals surface area contributed by atoms with Crippen LogP contribution < -0.4 is 11.4 Å². The summed E-state index contributed by atoms with van der Waals surface area (Å²) in [4.78, 5) is 16.6. The van der Waals surface area contributed by atoms with Gasteiger partial charge in [-0.2, -0.15) is 0 Å². The highest BCUT2D eigenvalue weighted by Gasteiger charge is 2.15. The van der Waals surface area contributed by atoms with E-state index >= 15 is 0 Å². The van der Waals surface area contributed by atoms with Crippen molar-refractivity contribution < 1.29 is 0 Å². The van der Waals surface area contributed by atoms with Crippen LogP contribution in [0.5, 0.6) is 0 Å². The molecule has 4 nitrogen and oxygen atoms in total. The zero-order chi connectivity index (χ0) is 14.3. The Hall–Kier alpha value is -1.75. The Morgan fingerprint density at radius 1 is 1.05 bits per heavy atom. The van der Waals surface area contributed by atoms with Crippen LogP contribution in [0.1, 0.15) is 17.2 Å². The van der Waals surface area contributed by atoms with E-state index < -0.39 is 6.04 Å². The van der Waals surface area contributed by atoms with E-state index in [-0.39, 0.29) is 5.69 Å². The van der Waals surface area contributed by atoms with Gasteiger partial charge < -0.3 is 15.7 Å². The summed E-state index contributed by atoms with van der Waals surface area (Å²) in [5, 5.41) is 0.917. The summed E-state index contributed by atoms with van der Waals surface area (Å²) >= 11 is 12.2. The number of halogens is 2. The van der Waals surface area contributed by atoms with Crippen molar-refractivity contribution in [2.24, 2.45) is 5.73 Å². The number of rotatable bonds is 2. The van der Waals surface area contributed by atoms with Crippen LogP contribution in [0, 0.1) is 0 Å². The number of imidazole rings is 1. The van der Waals surface area contributed by atoms with E-state index in [0.29, 0.717) is 15.6 Å². The lowest BCUT2D eigenvalue weighted by atomic mass is 9.99. The Balaban J connectivity index is 2.09. The highest BCUT2D eigenvalue weighted by molar-refractivity contribution is 6.42. The zero-order valence-corrected chi connectivity index (χ0v) is 11.8. The quantitative estimate of drug-likeness (QED) is 0.680. The van der Waals surface area contributed by atoms with Gasteiger partial charge in [0.2, 0.25) is 0 Å². The fraction of sp³-hybridized carbons (Fsp3) is 0.0714. The average molecular weight is 308 g/mol. The van der Waals surface area contributed by atoms with Crippen LogP contribution in [0.25, 0.3) is 11.0 Å². The largest absolute Gasteiger partial charge is 0.323 e. The van der Waals surface area contributed by atoms with Crippen molar-refractivity contribution in [1.29, 1.82) is 0 Å². The SMILES string of the molecule is NC(c1ccc2[nH]c(=O)[nH]c2c1)c1cccc(Cl)c1Cl. The molecule has 102 valence electrons. The summed E-state index contributed by atoms with van der Waals surface area (Å²) < 4.78 is 0. The van der Waals surface area contributed by atoms with Crippen LogP contribution in [0.15, 0.2) is 41.2 Å². The van der Waals surface area contributed by atoms with Gasteiger partial charge in [0.15, 0.2) is 0 Å². The normalized spacial score (nSPS) is 12.8. The van der Waals surface area contributed by atoms with Gasteiger partial charge in [-0.3, -0.25) is 0 Å². The molecule has 6 heteroatoms. The molecule has 1 unspecified atom stereocenters. The first kappa shape index (κ1) is 13.2. The molecule has 0 saturated heterocycles. The number of hydrogen-bond acceptors (Lipinski definition) is 2. The van der Waals surface area contributed by atoms with Crippen molar-refractivity contribution in [3.05, 3.63) is 68.1 Å².